The number of rotatable bonds is 1. The Balaban J connectivity index is 1.99. The molecule has 3 heteroatoms. The molecule has 0 aliphatic heterocycles. The van der Waals surface area contributed by atoms with Crippen molar-refractivity contribution in [3.8, 4) is 11.5 Å². The fourth-order valence-electron chi connectivity index (χ4n) is 2.47. The molecule has 0 unspecified atom stereocenters. The molecule has 2 aromatic carbocycles. The lowest BCUT2D eigenvalue weighted by Crippen LogP contribution is -1.99. The zero-order valence-corrected chi connectivity index (χ0v) is 10.6. The van der Waals surface area contributed by atoms with E-state index in [0.717, 1.165) is 22.0 Å². The van der Waals surface area contributed by atoms with Gasteiger partial charge in [-0.2, -0.15) is 0 Å². The molecule has 0 saturated carbocycles. The minimum absolute atomic E-state index is 0.309. The van der Waals surface area contributed by atoms with Crippen LogP contribution >= 0.6 is 0 Å². The van der Waals surface area contributed by atoms with Gasteiger partial charge in [-0.1, -0.05) is 36.4 Å². The van der Waals surface area contributed by atoms with E-state index in [0.29, 0.717) is 11.1 Å². The number of hydrogen-bond acceptors (Lipinski definition) is 2. The fraction of sp³-hybridized carbons (Fsp3) is 0. The van der Waals surface area contributed by atoms with Crippen LogP contribution < -0.4 is 5.63 Å². The van der Waals surface area contributed by atoms with Gasteiger partial charge in [-0.25, -0.2) is 4.79 Å². The summed E-state index contributed by atoms with van der Waals surface area (Å²) in [6.45, 7) is 0. The van der Waals surface area contributed by atoms with Crippen LogP contribution in [0.15, 0.2) is 69.9 Å². The van der Waals surface area contributed by atoms with Gasteiger partial charge in [0.15, 0.2) is 5.76 Å². The van der Waals surface area contributed by atoms with E-state index >= 15 is 0 Å². The van der Waals surface area contributed by atoms with Crippen LogP contribution in [0.1, 0.15) is 0 Å². The Bertz CT molecular complexity index is 946. The number of nitrogens with one attached hydrogen (secondary N) is 1. The molecule has 20 heavy (non-hydrogen) atoms. The molecule has 2 aromatic heterocycles. The van der Waals surface area contributed by atoms with Gasteiger partial charge in [-0.3, -0.25) is 0 Å². The maximum absolute atomic E-state index is 12.0. The summed E-state index contributed by atoms with van der Waals surface area (Å²) in [7, 11) is 0. The summed E-state index contributed by atoms with van der Waals surface area (Å²) < 4.78 is 5.42. The molecule has 0 atom stereocenters. The average molecular weight is 261 g/mol. The van der Waals surface area contributed by atoms with Crippen LogP contribution in [-0.4, -0.2) is 4.98 Å². The zero-order chi connectivity index (χ0) is 13.5. The second kappa shape index (κ2) is 4.10. The normalized spacial score (nSPS) is 11.2. The van der Waals surface area contributed by atoms with Gasteiger partial charge in [0.25, 0.3) is 0 Å². The molecule has 0 aliphatic rings. The predicted molar refractivity (Wildman–Crippen MR) is 79.8 cm³/mol. The van der Waals surface area contributed by atoms with E-state index in [-0.39, 0.29) is 5.63 Å². The third-order valence-corrected chi connectivity index (χ3v) is 3.47. The SMILES string of the molecule is O=c1oc(-c2cc3ccccc3[nH]2)cc2ccccc12. The Kier molecular flexibility index (Phi) is 2.27. The minimum atomic E-state index is -0.309. The van der Waals surface area contributed by atoms with Gasteiger partial charge in [0.05, 0.1) is 11.1 Å². The predicted octanol–water partition coefficient (Wildman–Crippen LogP) is 3.94. The van der Waals surface area contributed by atoms with Crippen molar-refractivity contribution >= 4 is 21.7 Å². The Labute approximate surface area is 114 Å². The molecular formula is C17H11NO2. The molecule has 3 nitrogen and oxygen atoms in total. The van der Waals surface area contributed by atoms with E-state index in [1.165, 1.54) is 0 Å². The number of para-hydroxylation sites is 1. The third kappa shape index (κ3) is 1.64. The largest absolute Gasteiger partial charge is 0.421 e. The quantitative estimate of drug-likeness (QED) is 0.564. The highest BCUT2D eigenvalue weighted by Crippen LogP contribution is 2.25. The van der Waals surface area contributed by atoms with E-state index in [1.54, 1.807) is 6.07 Å². The first kappa shape index (κ1) is 11.1. The molecule has 0 bridgehead atoms. The number of fused-ring (bicyclic) bond motifs is 2. The Morgan fingerprint density at radius 3 is 2.45 bits per heavy atom. The van der Waals surface area contributed by atoms with Gasteiger partial charge in [-0.05, 0) is 29.7 Å². The summed E-state index contributed by atoms with van der Waals surface area (Å²) in [5, 5.41) is 2.59. The van der Waals surface area contributed by atoms with Crippen LogP contribution in [0.25, 0.3) is 33.1 Å². The van der Waals surface area contributed by atoms with Gasteiger partial charge in [-0.15, -0.1) is 0 Å². The Morgan fingerprint density at radius 2 is 1.60 bits per heavy atom. The number of benzene rings is 2. The second-order valence-electron chi connectivity index (χ2n) is 4.76. The lowest BCUT2D eigenvalue weighted by atomic mass is 10.1. The Hall–Kier alpha value is -2.81. The highest BCUT2D eigenvalue weighted by atomic mass is 16.4. The number of H-pyrrole nitrogens is 1. The van der Waals surface area contributed by atoms with Crippen LogP contribution in [-0.2, 0) is 0 Å². The van der Waals surface area contributed by atoms with Crippen LogP contribution in [0, 0.1) is 0 Å². The minimum Gasteiger partial charge on any atom is -0.421 e. The van der Waals surface area contributed by atoms with Crippen molar-refractivity contribution in [3.05, 3.63) is 71.1 Å². The van der Waals surface area contributed by atoms with Crippen LogP contribution in [0.5, 0.6) is 0 Å². The molecule has 96 valence electrons. The van der Waals surface area contributed by atoms with Crippen molar-refractivity contribution in [1.29, 1.82) is 0 Å². The number of aromatic nitrogens is 1. The molecule has 0 radical (unpaired) electrons. The van der Waals surface area contributed by atoms with Crippen molar-refractivity contribution in [2.24, 2.45) is 0 Å². The first-order chi connectivity index (χ1) is 9.81. The molecule has 2 heterocycles. The van der Waals surface area contributed by atoms with Crippen LogP contribution in [0.2, 0.25) is 0 Å². The molecule has 0 aliphatic carbocycles. The van der Waals surface area contributed by atoms with Crippen LogP contribution in [0.3, 0.4) is 0 Å². The zero-order valence-electron chi connectivity index (χ0n) is 10.6. The van der Waals surface area contributed by atoms with Crippen LogP contribution in [0.4, 0.5) is 0 Å². The van der Waals surface area contributed by atoms with Gasteiger partial charge in [0.2, 0.25) is 0 Å². The van der Waals surface area contributed by atoms with Crippen molar-refractivity contribution in [2.45, 2.75) is 0 Å². The monoisotopic (exact) mass is 261 g/mol. The highest BCUT2D eigenvalue weighted by molar-refractivity contribution is 5.88. The maximum Gasteiger partial charge on any atom is 0.344 e. The summed E-state index contributed by atoms with van der Waals surface area (Å²) in [4.78, 5) is 15.3. The molecular weight excluding hydrogens is 250 g/mol. The average Bonchev–Trinajstić information content (AvgIpc) is 2.91. The lowest BCUT2D eigenvalue weighted by Gasteiger charge is -1.99. The van der Waals surface area contributed by atoms with Gasteiger partial charge >= 0.3 is 5.63 Å². The Morgan fingerprint density at radius 1 is 0.850 bits per heavy atom. The van der Waals surface area contributed by atoms with E-state index in [4.69, 9.17) is 4.42 Å². The molecule has 0 fully saturated rings. The van der Waals surface area contributed by atoms with Gasteiger partial charge in [0, 0.05) is 10.9 Å². The van der Waals surface area contributed by atoms with E-state index < -0.39 is 0 Å². The van der Waals surface area contributed by atoms with Crippen molar-refractivity contribution in [1.82, 2.24) is 4.98 Å². The molecule has 0 saturated heterocycles. The number of hydrogen-bond donors (Lipinski definition) is 1. The third-order valence-electron chi connectivity index (χ3n) is 3.47. The first-order valence-electron chi connectivity index (χ1n) is 6.42. The summed E-state index contributed by atoms with van der Waals surface area (Å²) >= 11 is 0. The molecule has 4 aromatic rings. The van der Waals surface area contributed by atoms with Crippen molar-refractivity contribution in [2.75, 3.05) is 0 Å². The van der Waals surface area contributed by atoms with E-state index in [2.05, 4.69) is 4.98 Å². The molecule has 0 spiro atoms. The standard InChI is InChI=1S/C17H11NO2/c19-17-13-7-3-1-5-11(13)10-16(20-17)15-9-12-6-2-4-8-14(12)18-15/h1-10,18H. The van der Waals surface area contributed by atoms with Gasteiger partial charge < -0.3 is 9.40 Å². The smallest absolute Gasteiger partial charge is 0.344 e. The van der Waals surface area contributed by atoms with E-state index in [9.17, 15) is 4.79 Å². The summed E-state index contributed by atoms with van der Waals surface area (Å²) in [5.41, 5.74) is 1.53. The lowest BCUT2D eigenvalue weighted by molar-refractivity contribution is 0.533. The van der Waals surface area contributed by atoms with Gasteiger partial charge in [0.1, 0.15) is 0 Å². The number of aromatic amines is 1. The topological polar surface area (TPSA) is 46.0 Å². The maximum atomic E-state index is 12.0. The molecule has 0 amide bonds. The van der Waals surface area contributed by atoms with E-state index in [1.807, 2.05) is 54.6 Å². The summed E-state index contributed by atoms with van der Waals surface area (Å²) in [6, 6.07) is 19.3. The van der Waals surface area contributed by atoms with Crippen molar-refractivity contribution in [3.63, 3.8) is 0 Å². The van der Waals surface area contributed by atoms with Crippen molar-refractivity contribution < 1.29 is 4.42 Å². The molecule has 4 rings (SSSR count). The first-order valence-corrected chi connectivity index (χ1v) is 6.42. The molecule has 1 N–H and O–H groups in total. The second-order valence-corrected chi connectivity index (χ2v) is 4.76. The fourth-order valence-corrected chi connectivity index (χ4v) is 2.47. The summed E-state index contributed by atoms with van der Waals surface area (Å²) in [5.74, 6) is 0.560. The highest BCUT2D eigenvalue weighted by Gasteiger charge is 2.08. The summed E-state index contributed by atoms with van der Waals surface area (Å²) in [6.07, 6.45) is 0.